The minimum Gasteiger partial charge on any atom is -0.354 e. The van der Waals surface area contributed by atoms with Gasteiger partial charge in [0.2, 0.25) is 5.91 Å². The highest BCUT2D eigenvalue weighted by Crippen LogP contribution is 2.27. The first-order chi connectivity index (χ1) is 14.0. The average molecular weight is 390 g/mol. The smallest absolute Gasteiger partial charge is 0.255 e. The van der Waals surface area contributed by atoms with Crippen LogP contribution in [0, 0.1) is 5.92 Å². The van der Waals surface area contributed by atoms with E-state index in [2.05, 4.69) is 14.9 Å². The van der Waals surface area contributed by atoms with Crippen molar-refractivity contribution in [1.29, 1.82) is 0 Å². The van der Waals surface area contributed by atoms with Gasteiger partial charge in [0.05, 0.1) is 11.0 Å². The highest BCUT2D eigenvalue weighted by Gasteiger charge is 2.37. The fraction of sp³-hybridized carbons (Fsp3) is 0.348. The Hall–Kier alpha value is -3.15. The minimum absolute atomic E-state index is 0.0176. The molecule has 0 radical (unpaired) electrons. The number of benzene rings is 2. The van der Waals surface area contributed by atoms with E-state index in [0.717, 1.165) is 22.4 Å². The van der Waals surface area contributed by atoms with E-state index in [4.69, 9.17) is 0 Å². The lowest BCUT2D eigenvalue weighted by molar-refractivity contribution is -0.127. The Morgan fingerprint density at radius 2 is 1.86 bits per heavy atom. The Kier molecular flexibility index (Phi) is 5.09. The van der Waals surface area contributed by atoms with Crippen molar-refractivity contribution in [3.05, 3.63) is 65.5 Å². The van der Waals surface area contributed by atoms with Crippen molar-refractivity contribution >= 4 is 22.8 Å². The number of nitrogens with one attached hydrogen (secondary N) is 1. The molecular formula is C23H26N4O2. The number of nitrogens with zero attached hydrogens (tertiary/aromatic N) is 3. The van der Waals surface area contributed by atoms with Gasteiger partial charge in [-0.1, -0.05) is 44.2 Å². The summed E-state index contributed by atoms with van der Waals surface area (Å²) in [6.45, 7) is 4.92. The van der Waals surface area contributed by atoms with Crippen molar-refractivity contribution in [3.63, 3.8) is 0 Å². The molecule has 1 aliphatic heterocycles. The number of fused-ring (bicyclic) bond motifs is 2. The number of rotatable bonds is 6. The molecule has 0 saturated carbocycles. The summed E-state index contributed by atoms with van der Waals surface area (Å²) >= 11 is 0. The summed E-state index contributed by atoms with van der Waals surface area (Å²) in [5, 5.41) is 3.02. The van der Waals surface area contributed by atoms with E-state index in [1.54, 1.807) is 4.90 Å². The monoisotopic (exact) mass is 390 g/mol. The number of aryl methyl sites for hydroxylation is 1. The third kappa shape index (κ3) is 3.50. The lowest BCUT2D eigenvalue weighted by Crippen LogP contribution is -2.50. The first-order valence-corrected chi connectivity index (χ1v) is 10.0. The Balaban J connectivity index is 1.43. The highest BCUT2D eigenvalue weighted by molar-refractivity contribution is 6.01. The highest BCUT2D eigenvalue weighted by atomic mass is 16.2. The Labute approximate surface area is 170 Å². The molecule has 0 spiro atoms. The molecule has 150 valence electrons. The largest absolute Gasteiger partial charge is 0.354 e. The lowest BCUT2D eigenvalue weighted by atomic mass is 10.0. The van der Waals surface area contributed by atoms with E-state index < -0.39 is 6.04 Å². The summed E-state index contributed by atoms with van der Waals surface area (Å²) in [7, 11) is 1.99. The first kappa shape index (κ1) is 19.2. The van der Waals surface area contributed by atoms with Crippen molar-refractivity contribution in [2.24, 2.45) is 13.0 Å². The molecule has 3 aromatic rings. The second kappa shape index (κ2) is 7.70. The summed E-state index contributed by atoms with van der Waals surface area (Å²) < 4.78 is 2.06. The standard InChI is InChI=1S/C23H26N4O2/c1-15(2)21(27-14-16-8-4-5-9-17(16)23(27)29)22(28)24-13-12-20-25-18-10-6-7-11-19(18)26(20)3/h4-11,15,21H,12-14H2,1-3H3,(H,24,28)/t21-/m0/s1. The fourth-order valence-electron chi connectivity index (χ4n) is 4.13. The topological polar surface area (TPSA) is 67.2 Å². The van der Waals surface area contributed by atoms with Crippen molar-refractivity contribution in [3.8, 4) is 0 Å². The van der Waals surface area contributed by atoms with Gasteiger partial charge in [0.1, 0.15) is 11.9 Å². The molecule has 1 atom stereocenters. The van der Waals surface area contributed by atoms with Crippen LogP contribution in [0.2, 0.25) is 0 Å². The van der Waals surface area contributed by atoms with E-state index in [1.807, 2.05) is 69.4 Å². The van der Waals surface area contributed by atoms with E-state index in [9.17, 15) is 9.59 Å². The molecule has 1 N–H and O–H groups in total. The second-order valence-corrected chi connectivity index (χ2v) is 7.90. The molecule has 1 aromatic heterocycles. The predicted octanol–water partition coefficient (Wildman–Crippen LogP) is 2.91. The Bertz CT molecular complexity index is 1070. The number of imidazole rings is 1. The zero-order chi connectivity index (χ0) is 20.5. The average Bonchev–Trinajstić information content (AvgIpc) is 3.20. The molecule has 0 saturated heterocycles. The molecule has 0 aliphatic carbocycles. The quantitative estimate of drug-likeness (QED) is 0.704. The second-order valence-electron chi connectivity index (χ2n) is 7.90. The van der Waals surface area contributed by atoms with Gasteiger partial charge in [0.15, 0.2) is 0 Å². The Morgan fingerprint density at radius 3 is 2.59 bits per heavy atom. The van der Waals surface area contributed by atoms with Crippen LogP contribution in [0.4, 0.5) is 0 Å². The third-order valence-corrected chi connectivity index (χ3v) is 5.61. The maximum absolute atomic E-state index is 13.0. The number of amides is 2. The lowest BCUT2D eigenvalue weighted by Gasteiger charge is -2.29. The first-order valence-electron chi connectivity index (χ1n) is 10.0. The molecule has 0 unspecified atom stereocenters. The molecule has 2 aromatic carbocycles. The van der Waals surface area contributed by atoms with Gasteiger partial charge in [-0.15, -0.1) is 0 Å². The maximum Gasteiger partial charge on any atom is 0.255 e. The van der Waals surface area contributed by atoms with Gasteiger partial charge in [0, 0.05) is 32.1 Å². The molecule has 2 heterocycles. The zero-order valence-electron chi connectivity index (χ0n) is 17.1. The molecular weight excluding hydrogens is 364 g/mol. The van der Waals surface area contributed by atoms with Crippen LogP contribution in [0.3, 0.4) is 0 Å². The summed E-state index contributed by atoms with van der Waals surface area (Å²) in [4.78, 5) is 32.1. The van der Waals surface area contributed by atoms with Crippen molar-refractivity contribution in [2.75, 3.05) is 6.54 Å². The van der Waals surface area contributed by atoms with Gasteiger partial charge in [-0.3, -0.25) is 9.59 Å². The van der Waals surface area contributed by atoms with E-state index in [-0.39, 0.29) is 17.7 Å². The zero-order valence-corrected chi connectivity index (χ0v) is 17.1. The molecule has 4 rings (SSSR count). The number of carbonyl (C=O) groups is 2. The maximum atomic E-state index is 13.0. The van der Waals surface area contributed by atoms with Gasteiger partial charge in [-0.2, -0.15) is 0 Å². The van der Waals surface area contributed by atoms with Crippen LogP contribution in [0.5, 0.6) is 0 Å². The number of hydrogen-bond acceptors (Lipinski definition) is 3. The molecule has 0 bridgehead atoms. The normalized spacial score (nSPS) is 14.5. The number of para-hydroxylation sites is 2. The SMILES string of the molecule is CC(C)[C@@H](C(=O)NCCc1nc2ccccc2n1C)N1Cc2ccccc2C1=O. The van der Waals surface area contributed by atoms with Crippen LogP contribution in [0.15, 0.2) is 48.5 Å². The predicted molar refractivity (Wildman–Crippen MR) is 112 cm³/mol. The molecule has 1 aliphatic rings. The van der Waals surface area contributed by atoms with E-state index >= 15 is 0 Å². The summed E-state index contributed by atoms with van der Waals surface area (Å²) in [6.07, 6.45) is 0.635. The van der Waals surface area contributed by atoms with Gasteiger partial charge < -0.3 is 14.8 Å². The number of carbonyl (C=O) groups excluding carboxylic acids is 2. The minimum atomic E-state index is -0.490. The van der Waals surface area contributed by atoms with Gasteiger partial charge in [-0.25, -0.2) is 4.98 Å². The van der Waals surface area contributed by atoms with Gasteiger partial charge in [-0.05, 0) is 29.7 Å². The Morgan fingerprint density at radius 1 is 1.14 bits per heavy atom. The van der Waals surface area contributed by atoms with E-state index in [1.165, 1.54) is 0 Å². The van der Waals surface area contributed by atoms with E-state index in [0.29, 0.717) is 25.1 Å². The van der Waals surface area contributed by atoms with Gasteiger partial charge in [0.25, 0.3) is 5.91 Å². The summed E-state index contributed by atoms with van der Waals surface area (Å²) in [5.41, 5.74) is 3.72. The van der Waals surface area contributed by atoms with Crippen LogP contribution in [-0.4, -0.2) is 38.9 Å². The third-order valence-electron chi connectivity index (χ3n) is 5.61. The fourth-order valence-corrected chi connectivity index (χ4v) is 4.13. The van der Waals surface area contributed by atoms with Crippen molar-refractivity contribution < 1.29 is 9.59 Å². The molecule has 6 heteroatoms. The van der Waals surface area contributed by atoms with Crippen LogP contribution < -0.4 is 5.32 Å². The molecule has 29 heavy (non-hydrogen) atoms. The van der Waals surface area contributed by atoms with Crippen LogP contribution in [0.25, 0.3) is 11.0 Å². The van der Waals surface area contributed by atoms with Crippen molar-refractivity contribution in [1.82, 2.24) is 19.8 Å². The number of hydrogen-bond donors (Lipinski definition) is 1. The summed E-state index contributed by atoms with van der Waals surface area (Å²) in [6, 6.07) is 15.1. The van der Waals surface area contributed by atoms with Crippen LogP contribution >= 0.6 is 0 Å². The molecule has 2 amide bonds. The van der Waals surface area contributed by atoms with Crippen molar-refractivity contribution in [2.45, 2.75) is 32.9 Å². The van der Waals surface area contributed by atoms with Gasteiger partial charge >= 0.3 is 0 Å². The van der Waals surface area contributed by atoms with Crippen LogP contribution in [0.1, 0.15) is 35.6 Å². The van der Waals surface area contributed by atoms with Crippen LogP contribution in [-0.2, 0) is 24.8 Å². The molecule has 6 nitrogen and oxygen atoms in total. The summed E-state index contributed by atoms with van der Waals surface area (Å²) in [5.74, 6) is 0.769. The number of aromatic nitrogens is 2. The molecule has 0 fully saturated rings.